The molecule has 0 N–H and O–H groups in total. The van der Waals surface area contributed by atoms with Gasteiger partial charge in [0, 0.05) is 15.8 Å². The molecular weight excluding hydrogens is 262 g/mol. The second-order valence-electron chi connectivity index (χ2n) is 2.82. The standard InChI is InChI=1S/C10H4Cl4/c11-6-3-1-2-5-9(6)7(12)4-8(13)10(5)14/h1-4H. The molecule has 4 heteroatoms. The summed E-state index contributed by atoms with van der Waals surface area (Å²) in [7, 11) is 0. The maximum absolute atomic E-state index is 6.02. The zero-order valence-corrected chi connectivity index (χ0v) is 9.84. The Hall–Kier alpha value is -0.140. The lowest BCUT2D eigenvalue weighted by Gasteiger charge is -2.06. The molecule has 2 aromatic carbocycles. The van der Waals surface area contributed by atoms with E-state index in [0.717, 1.165) is 10.8 Å². The molecular formula is C10H4Cl4. The largest absolute Gasteiger partial charge is 0.0836 e. The first-order chi connectivity index (χ1) is 6.61. The van der Waals surface area contributed by atoms with E-state index >= 15 is 0 Å². The first-order valence-corrected chi connectivity index (χ1v) is 5.34. The van der Waals surface area contributed by atoms with E-state index in [0.29, 0.717) is 20.1 Å². The van der Waals surface area contributed by atoms with Crippen molar-refractivity contribution in [3.63, 3.8) is 0 Å². The number of hydrogen-bond donors (Lipinski definition) is 0. The first-order valence-electron chi connectivity index (χ1n) is 3.83. The smallest absolute Gasteiger partial charge is 0.0672 e. The molecule has 14 heavy (non-hydrogen) atoms. The van der Waals surface area contributed by atoms with Crippen LogP contribution in [0, 0.1) is 0 Å². The van der Waals surface area contributed by atoms with Gasteiger partial charge in [-0.05, 0) is 12.1 Å². The van der Waals surface area contributed by atoms with Gasteiger partial charge >= 0.3 is 0 Å². The minimum absolute atomic E-state index is 0.437. The Kier molecular flexibility index (Phi) is 2.81. The lowest BCUT2D eigenvalue weighted by Crippen LogP contribution is -1.79. The SMILES string of the molecule is Clc1cc(Cl)c2c(Cl)cccc2c1Cl. The van der Waals surface area contributed by atoms with Gasteiger partial charge in [0.05, 0.1) is 15.1 Å². The van der Waals surface area contributed by atoms with Crippen molar-refractivity contribution in [3.8, 4) is 0 Å². The molecule has 0 saturated carbocycles. The average molecular weight is 266 g/mol. The van der Waals surface area contributed by atoms with E-state index in [-0.39, 0.29) is 0 Å². The van der Waals surface area contributed by atoms with Crippen LogP contribution in [0.4, 0.5) is 0 Å². The third-order valence-electron chi connectivity index (χ3n) is 1.95. The molecule has 0 atom stereocenters. The topological polar surface area (TPSA) is 0 Å². The van der Waals surface area contributed by atoms with Gasteiger partial charge in [-0.2, -0.15) is 0 Å². The van der Waals surface area contributed by atoms with Gasteiger partial charge in [-0.15, -0.1) is 0 Å². The van der Waals surface area contributed by atoms with Crippen LogP contribution >= 0.6 is 46.4 Å². The van der Waals surface area contributed by atoms with Crippen LogP contribution in [0.25, 0.3) is 10.8 Å². The molecule has 0 aliphatic heterocycles. The fourth-order valence-electron chi connectivity index (χ4n) is 1.33. The Balaban J connectivity index is 3.02. The van der Waals surface area contributed by atoms with Crippen LogP contribution in [-0.2, 0) is 0 Å². The molecule has 0 bridgehead atoms. The summed E-state index contributed by atoms with van der Waals surface area (Å²) in [6.07, 6.45) is 0. The minimum atomic E-state index is 0.437. The minimum Gasteiger partial charge on any atom is -0.0836 e. The molecule has 2 rings (SSSR count). The molecule has 0 heterocycles. The second kappa shape index (κ2) is 3.79. The number of hydrogen-bond acceptors (Lipinski definition) is 0. The highest BCUT2D eigenvalue weighted by atomic mass is 35.5. The molecule has 0 unspecified atom stereocenters. The van der Waals surface area contributed by atoms with Gasteiger partial charge in [-0.3, -0.25) is 0 Å². The van der Waals surface area contributed by atoms with Crippen LogP contribution in [0.2, 0.25) is 20.1 Å². The highest BCUT2D eigenvalue weighted by Gasteiger charge is 2.10. The summed E-state index contributed by atoms with van der Waals surface area (Å²) >= 11 is 23.9. The summed E-state index contributed by atoms with van der Waals surface area (Å²) in [6.45, 7) is 0. The van der Waals surface area contributed by atoms with E-state index < -0.39 is 0 Å². The molecule has 0 aromatic heterocycles. The maximum atomic E-state index is 6.02. The molecule has 0 radical (unpaired) electrons. The molecule has 0 fully saturated rings. The molecule has 2 aromatic rings. The van der Waals surface area contributed by atoms with Crippen molar-refractivity contribution in [2.75, 3.05) is 0 Å². The van der Waals surface area contributed by atoms with Gasteiger partial charge in [0.25, 0.3) is 0 Å². The molecule has 0 amide bonds. The van der Waals surface area contributed by atoms with Crippen molar-refractivity contribution in [1.82, 2.24) is 0 Å². The van der Waals surface area contributed by atoms with E-state index in [2.05, 4.69) is 0 Å². The van der Waals surface area contributed by atoms with Gasteiger partial charge in [0.1, 0.15) is 0 Å². The number of fused-ring (bicyclic) bond motifs is 1. The summed E-state index contributed by atoms with van der Waals surface area (Å²) in [5.74, 6) is 0. The lowest BCUT2D eigenvalue weighted by atomic mass is 10.1. The third kappa shape index (κ3) is 1.57. The Labute approximate surface area is 101 Å². The van der Waals surface area contributed by atoms with Crippen molar-refractivity contribution < 1.29 is 0 Å². The zero-order chi connectivity index (χ0) is 10.3. The lowest BCUT2D eigenvalue weighted by molar-refractivity contribution is 1.74. The van der Waals surface area contributed by atoms with Gasteiger partial charge in [-0.25, -0.2) is 0 Å². The Bertz CT molecular complexity index is 505. The molecule has 0 spiro atoms. The van der Waals surface area contributed by atoms with E-state index in [9.17, 15) is 0 Å². The van der Waals surface area contributed by atoms with Gasteiger partial charge < -0.3 is 0 Å². The van der Waals surface area contributed by atoms with E-state index in [1.165, 1.54) is 0 Å². The Morgan fingerprint density at radius 3 is 2.21 bits per heavy atom. The monoisotopic (exact) mass is 264 g/mol. The van der Waals surface area contributed by atoms with Crippen molar-refractivity contribution in [3.05, 3.63) is 44.4 Å². The van der Waals surface area contributed by atoms with Crippen molar-refractivity contribution in [2.24, 2.45) is 0 Å². The third-order valence-corrected chi connectivity index (χ3v) is 3.37. The molecule has 0 aliphatic rings. The predicted molar refractivity (Wildman–Crippen MR) is 64.0 cm³/mol. The summed E-state index contributed by atoms with van der Waals surface area (Å²) in [5, 5.41) is 3.52. The molecule has 0 nitrogen and oxygen atoms in total. The van der Waals surface area contributed by atoms with Crippen LogP contribution in [0.3, 0.4) is 0 Å². The molecule has 0 aliphatic carbocycles. The summed E-state index contributed by atoms with van der Waals surface area (Å²) in [6, 6.07) is 7.00. The van der Waals surface area contributed by atoms with Crippen LogP contribution in [0.1, 0.15) is 0 Å². The first kappa shape index (κ1) is 10.4. The van der Waals surface area contributed by atoms with Gasteiger partial charge in [-0.1, -0.05) is 58.5 Å². The van der Waals surface area contributed by atoms with Crippen LogP contribution in [0.5, 0.6) is 0 Å². The van der Waals surface area contributed by atoms with E-state index in [1.54, 1.807) is 12.1 Å². The van der Waals surface area contributed by atoms with Crippen molar-refractivity contribution >= 4 is 57.2 Å². The summed E-state index contributed by atoms with van der Waals surface area (Å²) < 4.78 is 0. The Morgan fingerprint density at radius 2 is 1.50 bits per heavy atom. The fourth-order valence-corrected chi connectivity index (χ4v) is 2.44. The number of halogens is 4. The Morgan fingerprint density at radius 1 is 0.786 bits per heavy atom. The van der Waals surface area contributed by atoms with Crippen molar-refractivity contribution in [1.29, 1.82) is 0 Å². The fraction of sp³-hybridized carbons (Fsp3) is 0. The molecule has 0 saturated heterocycles. The quantitative estimate of drug-likeness (QED) is 0.556. The number of benzene rings is 2. The van der Waals surface area contributed by atoms with Crippen molar-refractivity contribution in [2.45, 2.75) is 0 Å². The zero-order valence-electron chi connectivity index (χ0n) is 6.82. The van der Waals surface area contributed by atoms with E-state index in [1.807, 2.05) is 12.1 Å². The van der Waals surface area contributed by atoms with Crippen LogP contribution in [0.15, 0.2) is 24.3 Å². The highest BCUT2D eigenvalue weighted by molar-refractivity contribution is 6.49. The normalized spacial score (nSPS) is 10.9. The van der Waals surface area contributed by atoms with E-state index in [4.69, 9.17) is 46.4 Å². The maximum Gasteiger partial charge on any atom is 0.0672 e. The second-order valence-corrected chi connectivity index (χ2v) is 4.42. The van der Waals surface area contributed by atoms with Crippen LogP contribution < -0.4 is 0 Å². The predicted octanol–water partition coefficient (Wildman–Crippen LogP) is 5.45. The summed E-state index contributed by atoms with van der Waals surface area (Å²) in [5.41, 5.74) is 0. The summed E-state index contributed by atoms with van der Waals surface area (Å²) in [4.78, 5) is 0. The average Bonchev–Trinajstić information content (AvgIpc) is 2.14. The molecule has 72 valence electrons. The highest BCUT2D eigenvalue weighted by Crippen LogP contribution is 2.38. The van der Waals surface area contributed by atoms with Gasteiger partial charge in [0.15, 0.2) is 0 Å². The van der Waals surface area contributed by atoms with Gasteiger partial charge in [0.2, 0.25) is 0 Å². The van der Waals surface area contributed by atoms with Crippen LogP contribution in [-0.4, -0.2) is 0 Å². The number of rotatable bonds is 0.